The van der Waals surface area contributed by atoms with E-state index in [9.17, 15) is 14.0 Å². The van der Waals surface area contributed by atoms with Gasteiger partial charge in [0, 0.05) is 35.0 Å². The lowest BCUT2D eigenvalue weighted by Crippen LogP contribution is -2.43. The summed E-state index contributed by atoms with van der Waals surface area (Å²) < 4.78 is 13.3. The molecule has 2 aromatic heterocycles. The largest absolute Gasteiger partial charge is 0.357 e. The molecule has 3 N–H and O–H groups in total. The Balaban J connectivity index is 1.54. The number of anilines is 1. The summed E-state index contributed by atoms with van der Waals surface area (Å²) in [5, 5.41) is 5.89. The Labute approximate surface area is 209 Å². The van der Waals surface area contributed by atoms with Crippen LogP contribution in [0.3, 0.4) is 0 Å². The van der Waals surface area contributed by atoms with Crippen LogP contribution in [0.5, 0.6) is 0 Å². The highest BCUT2D eigenvalue weighted by Crippen LogP contribution is 2.42. The minimum Gasteiger partial charge on any atom is -0.357 e. The highest BCUT2D eigenvalue weighted by molar-refractivity contribution is 6.07. The fraction of sp³-hybridized carbons (Fsp3) is 0.207. The van der Waals surface area contributed by atoms with Gasteiger partial charge in [0.05, 0.1) is 17.2 Å². The lowest BCUT2D eigenvalue weighted by atomic mass is 9.82. The molecule has 7 heteroatoms. The Bertz CT molecular complexity index is 1440. The van der Waals surface area contributed by atoms with Crippen molar-refractivity contribution in [3.05, 3.63) is 95.6 Å². The number of benzene rings is 2. The fourth-order valence-corrected chi connectivity index (χ4v) is 4.61. The smallest absolute Gasteiger partial charge is 0.253 e. The first-order chi connectivity index (χ1) is 17.2. The standard InChI is InChI=1S/C29H27FN4O2/c1-17(18-9-11-21(30)12-10-18)27(35)33-22-15-20(13-14-31-22)25-23(19-7-5-4-6-8-19)24-26(34-25)29(2,3)16-32-28(24)36/h4-15,17,34H,16H2,1-3H3,(H,32,36)(H,31,33,35)/t17-/m1/s1. The number of aromatic nitrogens is 2. The van der Waals surface area contributed by atoms with Crippen molar-refractivity contribution in [2.45, 2.75) is 32.1 Å². The summed E-state index contributed by atoms with van der Waals surface area (Å²) in [6, 6.07) is 19.3. The summed E-state index contributed by atoms with van der Waals surface area (Å²) in [6.07, 6.45) is 1.63. The maximum atomic E-state index is 13.3. The molecule has 1 atom stereocenters. The molecular weight excluding hydrogens is 455 g/mol. The molecule has 1 aliphatic heterocycles. The Morgan fingerprint density at radius 1 is 1.03 bits per heavy atom. The van der Waals surface area contributed by atoms with Gasteiger partial charge in [-0.3, -0.25) is 9.59 Å². The molecule has 0 saturated carbocycles. The average molecular weight is 483 g/mol. The molecule has 1 aliphatic rings. The van der Waals surface area contributed by atoms with Crippen molar-refractivity contribution in [2.24, 2.45) is 0 Å². The van der Waals surface area contributed by atoms with E-state index in [0.29, 0.717) is 23.5 Å². The van der Waals surface area contributed by atoms with Gasteiger partial charge in [0.1, 0.15) is 11.6 Å². The van der Waals surface area contributed by atoms with E-state index in [1.807, 2.05) is 36.4 Å². The molecule has 182 valence electrons. The first-order valence-electron chi connectivity index (χ1n) is 11.9. The van der Waals surface area contributed by atoms with Crippen molar-refractivity contribution in [2.75, 3.05) is 11.9 Å². The van der Waals surface area contributed by atoms with Gasteiger partial charge in [-0.1, -0.05) is 56.3 Å². The molecule has 0 aliphatic carbocycles. The number of nitrogens with one attached hydrogen (secondary N) is 3. The third kappa shape index (κ3) is 4.28. The van der Waals surface area contributed by atoms with E-state index in [1.54, 1.807) is 31.3 Å². The first-order valence-corrected chi connectivity index (χ1v) is 11.9. The molecule has 2 aromatic carbocycles. The van der Waals surface area contributed by atoms with Crippen molar-refractivity contribution >= 4 is 17.6 Å². The summed E-state index contributed by atoms with van der Waals surface area (Å²) in [5.74, 6) is -0.803. The zero-order valence-electron chi connectivity index (χ0n) is 20.4. The van der Waals surface area contributed by atoms with Gasteiger partial charge in [-0.15, -0.1) is 0 Å². The molecular formula is C29H27FN4O2. The number of rotatable bonds is 5. The number of nitrogens with zero attached hydrogens (tertiary/aromatic N) is 1. The van der Waals surface area contributed by atoms with Gasteiger partial charge in [0.25, 0.3) is 5.91 Å². The molecule has 2 amide bonds. The summed E-state index contributed by atoms with van der Waals surface area (Å²) in [5.41, 5.74) is 5.28. The van der Waals surface area contributed by atoms with Crippen LogP contribution >= 0.6 is 0 Å². The third-order valence-electron chi connectivity index (χ3n) is 6.72. The van der Waals surface area contributed by atoms with Gasteiger partial charge in [-0.05, 0) is 42.3 Å². The van der Waals surface area contributed by atoms with Gasteiger partial charge >= 0.3 is 0 Å². The molecule has 0 unspecified atom stereocenters. The number of amides is 2. The average Bonchev–Trinajstić information content (AvgIpc) is 3.30. The van der Waals surface area contributed by atoms with Crippen molar-refractivity contribution in [3.8, 4) is 22.4 Å². The van der Waals surface area contributed by atoms with Crippen molar-refractivity contribution in [1.82, 2.24) is 15.3 Å². The van der Waals surface area contributed by atoms with E-state index in [1.165, 1.54) is 12.1 Å². The molecule has 5 rings (SSSR count). The highest BCUT2D eigenvalue weighted by Gasteiger charge is 2.37. The molecule has 0 saturated heterocycles. The number of halogens is 1. The molecule has 3 heterocycles. The lowest BCUT2D eigenvalue weighted by Gasteiger charge is -2.30. The summed E-state index contributed by atoms with van der Waals surface area (Å²) in [4.78, 5) is 33.8. The van der Waals surface area contributed by atoms with Crippen molar-refractivity contribution in [1.29, 1.82) is 0 Å². The molecule has 4 aromatic rings. The lowest BCUT2D eigenvalue weighted by molar-refractivity contribution is -0.117. The van der Waals surface area contributed by atoms with Gasteiger partial charge in [-0.2, -0.15) is 0 Å². The van der Waals surface area contributed by atoms with Crippen LogP contribution in [0.25, 0.3) is 22.4 Å². The van der Waals surface area contributed by atoms with Crippen LogP contribution in [0, 0.1) is 5.82 Å². The number of H-pyrrole nitrogens is 1. The Kier molecular flexibility index (Phi) is 5.92. The number of pyridine rings is 1. The Morgan fingerprint density at radius 3 is 2.47 bits per heavy atom. The highest BCUT2D eigenvalue weighted by atomic mass is 19.1. The maximum absolute atomic E-state index is 13.3. The second kappa shape index (κ2) is 9.07. The zero-order chi connectivity index (χ0) is 25.4. The predicted molar refractivity (Wildman–Crippen MR) is 138 cm³/mol. The number of carbonyl (C=O) groups excluding carboxylic acids is 2. The quantitative estimate of drug-likeness (QED) is 0.344. The van der Waals surface area contributed by atoms with Crippen LogP contribution in [0.4, 0.5) is 10.2 Å². The van der Waals surface area contributed by atoms with E-state index in [-0.39, 0.29) is 23.0 Å². The SMILES string of the molecule is C[C@@H](C(=O)Nc1cc(-c2[nH]c3c(c2-c2ccccc2)C(=O)NCC3(C)C)ccn1)c1ccc(F)cc1. The molecule has 36 heavy (non-hydrogen) atoms. The maximum Gasteiger partial charge on any atom is 0.253 e. The second-order valence-corrected chi connectivity index (χ2v) is 9.75. The van der Waals surface area contributed by atoms with Crippen LogP contribution in [-0.2, 0) is 10.2 Å². The minimum absolute atomic E-state index is 0.110. The fourth-order valence-electron chi connectivity index (χ4n) is 4.61. The van der Waals surface area contributed by atoms with E-state index in [4.69, 9.17) is 0 Å². The topological polar surface area (TPSA) is 86.9 Å². The van der Waals surface area contributed by atoms with Crippen LogP contribution in [-0.4, -0.2) is 28.3 Å². The Morgan fingerprint density at radius 2 is 1.75 bits per heavy atom. The normalized spacial score (nSPS) is 15.1. The number of hydrogen-bond acceptors (Lipinski definition) is 3. The van der Waals surface area contributed by atoms with Crippen LogP contribution in [0.1, 0.15) is 48.3 Å². The van der Waals surface area contributed by atoms with Gasteiger partial charge < -0.3 is 15.6 Å². The number of aromatic amines is 1. The summed E-state index contributed by atoms with van der Waals surface area (Å²) in [6.45, 7) is 6.48. The van der Waals surface area contributed by atoms with Gasteiger partial charge in [0.2, 0.25) is 5.91 Å². The minimum atomic E-state index is -0.488. The Hall–Kier alpha value is -4.26. The van der Waals surface area contributed by atoms with Crippen LogP contribution in [0.15, 0.2) is 72.9 Å². The van der Waals surface area contributed by atoms with Gasteiger partial charge in [0.15, 0.2) is 0 Å². The number of carbonyl (C=O) groups is 2. The summed E-state index contributed by atoms with van der Waals surface area (Å²) in [7, 11) is 0. The molecule has 0 radical (unpaired) electrons. The van der Waals surface area contributed by atoms with Gasteiger partial charge in [-0.25, -0.2) is 9.37 Å². The van der Waals surface area contributed by atoms with Crippen LogP contribution in [0.2, 0.25) is 0 Å². The molecule has 0 spiro atoms. The van der Waals surface area contributed by atoms with Crippen LogP contribution < -0.4 is 10.6 Å². The number of fused-ring (bicyclic) bond motifs is 1. The molecule has 0 fully saturated rings. The zero-order valence-corrected chi connectivity index (χ0v) is 20.4. The second-order valence-electron chi connectivity index (χ2n) is 9.75. The van der Waals surface area contributed by atoms with E-state index in [0.717, 1.165) is 28.1 Å². The predicted octanol–water partition coefficient (Wildman–Crippen LogP) is 5.65. The monoisotopic (exact) mass is 482 g/mol. The first kappa shape index (κ1) is 23.5. The molecule has 6 nitrogen and oxygen atoms in total. The van der Waals surface area contributed by atoms with E-state index >= 15 is 0 Å². The van der Waals surface area contributed by atoms with E-state index < -0.39 is 5.92 Å². The van der Waals surface area contributed by atoms with E-state index in [2.05, 4.69) is 34.4 Å². The number of hydrogen-bond donors (Lipinski definition) is 3. The summed E-state index contributed by atoms with van der Waals surface area (Å²) >= 11 is 0. The molecule has 0 bridgehead atoms. The van der Waals surface area contributed by atoms with Crippen molar-refractivity contribution in [3.63, 3.8) is 0 Å². The van der Waals surface area contributed by atoms with Crippen molar-refractivity contribution < 1.29 is 14.0 Å². The third-order valence-corrected chi connectivity index (χ3v) is 6.72.